The van der Waals surface area contributed by atoms with Crippen molar-refractivity contribution in [2.24, 2.45) is 0 Å². The van der Waals surface area contributed by atoms with Crippen molar-refractivity contribution < 1.29 is 13.9 Å². The molecule has 6 nitrogen and oxygen atoms in total. The zero-order valence-electron chi connectivity index (χ0n) is 10.6. The molecule has 0 unspecified atom stereocenters. The Bertz CT molecular complexity index is 697. The molecule has 0 fully saturated rings. The number of carbonyl (C=O) groups excluding carboxylic acids is 1. The van der Waals surface area contributed by atoms with E-state index >= 15 is 0 Å². The Morgan fingerprint density at radius 2 is 2.35 bits per heavy atom. The number of carbonyl (C=O) groups is 1. The highest BCUT2D eigenvalue weighted by molar-refractivity contribution is 8.00. The van der Waals surface area contributed by atoms with Gasteiger partial charge in [-0.15, -0.1) is 10.2 Å². The third-order valence-electron chi connectivity index (χ3n) is 2.11. The molecule has 0 aliphatic carbocycles. The number of hydrogen-bond donors (Lipinski definition) is 0. The van der Waals surface area contributed by atoms with E-state index in [1.807, 2.05) is 6.92 Å². The van der Waals surface area contributed by atoms with E-state index in [-0.39, 0.29) is 5.57 Å². The molecule has 0 aromatic carbocycles. The van der Waals surface area contributed by atoms with Crippen LogP contribution in [0.2, 0.25) is 0 Å². The van der Waals surface area contributed by atoms with Crippen molar-refractivity contribution in [1.29, 1.82) is 5.26 Å². The average Bonchev–Trinajstić information content (AvgIpc) is 3.05. The molecule has 0 radical (unpaired) electrons. The number of ether oxygens (including phenoxy) is 1. The lowest BCUT2D eigenvalue weighted by Gasteiger charge is -1.94. The Balaban J connectivity index is 2.15. The highest BCUT2D eigenvalue weighted by Gasteiger charge is 2.11. The van der Waals surface area contributed by atoms with Crippen molar-refractivity contribution in [2.45, 2.75) is 16.4 Å². The van der Waals surface area contributed by atoms with E-state index in [4.69, 9.17) is 9.68 Å². The maximum Gasteiger partial charge on any atom is 0.348 e. The van der Waals surface area contributed by atoms with Crippen molar-refractivity contribution in [3.63, 3.8) is 0 Å². The van der Waals surface area contributed by atoms with Gasteiger partial charge >= 0.3 is 5.97 Å². The fourth-order valence-electron chi connectivity index (χ4n) is 1.26. The quantitative estimate of drug-likeness (QED) is 0.487. The molecule has 0 bridgehead atoms. The Labute approximate surface area is 123 Å². The monoisotopic (exact) mass is 307 g/mol. The van der Waals surface area contributed by atoms with Crippen molar-refractivity contribution in [3.8, 4) is 6.07 Å². The number of furan rings is 1. The summed E-state index contributed by atoms with van der Waals surface area (Å²) >= 11 is 2.79. The summed E-state index contributed by atoms with van der Waals surface area (Å²) in [7, 11) is 1.22. The van der Waals surface area contributed by atoms with Gasteiger partial charge in [0.1, 0.15) is 22.4 Å². The van der Waals surface area contributed by atoms with Crippen LogP contribution in [0.1, 0.15) is 10.8 Å². The first kappa shape index (κ1) is 14.3. The number of rotatable bonds is 4. The summed E-state index contributed by atoms with van der Waals surface area (Å²) in [6.07, 6.45) is 1.33. The smallest absolute Gasteiger partial charge is 0.348 e. The van der Waals surface area contributed by atoms with Gasteiger partial charge in [-0.2, -0.15) is 5.26 Å². The summed E-state index contributed by atoms with van der Waals surface area (Å²) in [6, 6.07) is 5.16. The maximum atomic E-state index is 11.3. The molecule has 0 atom stereocenters. The molecular formula is C12H9N3O3S2. The fraction of sp³-hybridized carbons (Fsp3) is 0.167. The zero-order valence-corrected chi connectivity index (χ0v) is 12.2. The normalized spacial score (nSPS) is 11.2. The maximum absolute atomic E-state index is 11.3. The number of hydrogen-bond acceptors (Lipinski definition) is 8. The van der Waals surface area contributed by atoms with Gasteiger partial charge in [-0.1, -0.05) is 11.3 Å². The van der Waals surface area contributed by atoms with Crippen LogP contribution >= 0.6 is 23.1 Å². The molecule has 2 rings (SSSR count). The first-order chi connectivity index (χ1) is 9.62. The van der Waals surface area contributed by atoms with E-state index in [1.54, 1.807) is 18.2 Å². The summed E-state index contributed by atoms with van der Waals surface area (Å²) in [5.41, 5.74) is -0.120. The molecule has 20 heavy (non-hydrogen) atoms. The van der Waals surface area contributed by atoms with Gasteiger partial charge in [0, 0.05) is 6.08 Å². The molecule has 0 aliphatic rings. The second-order valence-corrected chi connectivity index (χ2v) is 5.94. The van der Waals surface area contributed by atoms with Crippen LogP contribution in [0, 0.1) is 18.3 Å². The van der Waals surface area contributed by atoms with Crippen LogP contribution < -0.4 is 0 Å². The molecule has 0 N–H and O–H groups in total. The van der Waals surface area contributed by atoms with Gasteiger partial charge in [0.25, 0.3) is 0 Å². The summed E-state index contributed by atoms with van der Waals surface area (Å²) in [5, 5.41) is 18.2. The molecule has 2 aromatic rings. The van der Waals surface area contributed by atoms with E-state index in [0.717, 1.165) is 9.35 Å². The highest BCUT2D eigenvalue weighted by Crippen LogP contribution is 2.31. The lowest BCUT2D eigenvalue weighted by molar-refractivity contribution is -0.135. The second-order valence-electron chi connectivity index (χ2n) is 3.51. The minimum Gasteiger partial charge on any atom is -0.465 e. The predicted molar refractivity (Wildman–Crippen MR) is 73.1 cm³/mol. The third kappa shape index (κ3) is 3.46. The van der Waals surface area contributed by atoms with Gasteiger partial charge in [0.2, 0.25) is 0 Å². The Morgan fingerprint density at radius 3 is 2.95 bits per heavy atom. The van der Waals surface area contributed by atoms with Crippen LogP contribution in [0.15, 0.2) is 31.6 Å². The van der Waals surface area contributed by atoms with E-state index < -0.39 is 5.97 Å². The van der Waals surface area contributed by atoms with Crippen LogP contribution in [0.4, 0.5) is 0 Å². The molecule has 2 heterocycles. The SMILES string of the molecule is COC(=O)/C(C#N)=C/c1ccc(Sc2nnc(C)s2)o1. The number of methoxy groups -OCH3 is 1. The van der Waals surface area contributed by atoms with Crippen molar-refractivity contribution in [3.05, 3.63) is 28.5 Å². The zero-order chi connectivity index (χ0) is 14.5. The van der Waals surface area contributed by atoms with Gasteiger partial charge in [0.15, 0.2) is 9.43 Å². The molecule has 2 aromatic heterocycles. The summed E-state index contributed by atoms with van der Waals surface area (Å²) < 4.78 is 10.7. The Morgan fingerprint density at radius 1 is 1.55 bits per heavy atom. The predicted octanol–water partition coefficient (Wildman–Crippen LogP) is 2.67. The van der Waals surface area contributed by atoms with Gasteiger partial charge < -0.3 is 9.15 Å². The molecule has 0 spiro atoms. The average molecular weight is 307 g/mol. The van der Waals surface area contributed by atoms with E-state index in [1.165, 1.54) is 36.3 Å². The van der Waals surface area contributed by atoms with Gasteiger partial charge in [-0.25, -0.2) is 4.79 Å². The molecule has 0 amide bonds. The summed E-state index contributed by atoms with van der Waals surface area (Å²) in [5.74, 6) is -0.298. The minimum atomic E-state index is -0.696. The van der Waals surface area contributed by atoms with Crippen LogP contribution in [0.3, 0.4) is 0 Å². The van der Waals surface area contributed by atoms with Gasteiger partial charge in [0.05, 0.1) is 7.11 Å². The third-order valence-corrected chi connectivity index (χ3v) is 3.92. The van der Waals surface area contributed by atoms with E-state index in [2.05, 4.69) is 14.9 Å². The number of esters is 1. The lowest BCUT2D eigenvalue weighted by Crippen LogP contribution is -2.02. The second kappa shape index (κ2) is 6.36. The molecule has 0 saturated carbocycles. The number of aromatic nitrogens is 2. The topological polar surface area (TPSA) is 89.0 Å². The fourth-order valence-corrected chi connectivity index (χ4v) is 2.98. The molecule has 8 heteroatoms. The first-order valence-electron chi connectivity index (χ1n) is 5.40. The largest absolute Gasteiger partial charge is 0.465 e. The molecule has 0 aliphatic heterocycles. The number of aryl methyl sites for hydroxylation is 1. The van der Waals surface area contributed by atoms with Crippen molar-refractivity contribution in [1.82, 2.24) is 10.2 Å². The molecule has 102 valence electrons. The van der Waals surface area contributed by atoms with Gasteiger partial charge in [-0.3, -0.25) is 0 Å². The first-order valence-corrected chi connectivity index (χ1v) is 7.03. The Kier molecular flexibility index (Phi) is 4.55. The van der Waals surface area contributed by atoms with E-state index in [9.17, 15) is 4.79 Å². The van der Waals surface area contributed by atoms with Gasteiger partial charge in [-0.05, 0) is 30.8 Å². The van der Waals surface area contributed by atoms with Crippen molar-refractivity contribution >= 4 is 35.1 Å². The van der Waals surface area contributed by atoms with Crippen molar-refractivity contribution in [2.75, 3.05) is 7.11 Å². The lowest BCUT2D eigenvalue weighted by atomic mass is 10.2. The van der Waals surface area contributed by atoms with E-state index in [0.29, 0.717) is 10.9 Å². The molecular weight excluding hydrogens is 298 g/mol. The van der Waals surface area contributed by atoms with Crippen LogP contribution in [0.5, 0.6) is 0 Å². The standard InChI is InChI=1S/C12H9N3O3S2/c1-7-14-15-12(19-7)20-10-4-3-9(18-10)5-8(6-13)11(16)17-2/h3-5H,1-2H3/b8-5+. The summed E-state index contributed by atoms with van der Waals surface area (Å²) in [6.45, 7) is 1.87. The highest BCUT2D eigenvalue weighted by atomic mass is 32.2. The number of nitrogens with zero attached hydrogens (tertiary/aromatic N) is 3. The summed E-state index contributed by atoms with van der Waals surface area (Å²) in [4.78, 5) is 11.3. The Hall–Kier alpha value is -2.11. The number of nitriles is 1. The van der Waals surface area contributed by atoms with Crippen LogP contribution in [-0.2, 0) is 9.53 Å². The molecule has 0 saturated heterocycles. The van der Waals surface area contributed by atoms with Crippen LogP contribution in [-0.4, -0.2) is 23.3 Å². The minimum absolute atomic E-state index is 0.120. The van der Waals surface area contributed by atoms with Crippen LogP contribution in [0.25, 0.3) is 6.08 Å².